The SMILES string of the molecule is O=[P+](O)OCCCNCc1cc(Cl)c(SCCCCCc2ccccc2)cc1F. The van der Waals surface area contributed by atoms with Crippen molar-refractivity contribution >= 4 is 31.6 Å². The molecule has 158 valence electrons. The molecule has 0 amide bonds. The highest BCUT2D eigenvalue weighted by Crippen LogP contribution is 2.30. The number of unbranched alkanes of at least 4 members (excludes halogenated alkanes) is 2. The van der Waals surface area contributed by atoms with Crippen molar-refractivity contribution < 1.29 is 18.4 Å². The van der Waals surface area contributed by atoms with Crippen LogP contribution in [-0.4, -0.2) is 23.8 Å². The first-order valence-electron chi connectivity index (χ1n) is 9.70. The molecular weight excluding hydrogens is 432 g/mol. The van der Waals surface area contributed by atoms with E-state index in [4.69, 9.17) is 16.5 Å². The van der Waals surface area contributed by atoms with Crippen molar-refractivity contribution in [3.05, 3.63) is 64.4 Å². The van der Waals surface area contributed by atoms with Gasteiger partial charge in [0.05, 0.1) is 5.02 Å². The van der Waals surface area contributed by atoms with E-state index >= 15 is 0 Å². The smallest absolute Gasteiger partial charge is 0.312 e. The van der Waals surface area contributed by atoms with Crippen molar-refractivity contribution in [3.8, 4) is 0 Å². The minimum atomic E-state index is -2.56. The summed E-state index contributed by atoms with van der Waals surface area (Å²) in [5, 5.41) is 3.65. The van der Waals surface area contributed by atoms with Crippen LogP contribution in [0.25, 0.3) is 0 Å². The standard InChI is InChI=1S/C21H26ClFNO3PS/c22-19-14-18(16-24-11-7-12-27-28(25)26)20(23)15-21(19)29-13-6-2-5-10-17-8-3-1-4-9-17/h1,3-4,8-9,14-15,24H,2,5-7,10-13,16H2/p+1. The molecule has 2 rings (SSSR count). The van der Waals surface area contributed by atoms with Crippen LogP contribution in [0, 0.1) is 5.82 Å². The number of aryl methyl sites for hydroxylation is 1. The molecule has 0 aliphatic rings. The Morgan fingerprint density at radius 2 is 1.93 bits per heavy atom. The molecule has 2 N–H and O–H groups in total. The molecule has 0 spiro atoms. The predicted molar refractivity (Wildman–Crippen MR) is 118 cm³/mol. The van der Waals surface area contributed by atoms with Crippen LogP contribution in [-0.2, 0) is 22.1 Å². The van der Waals surface area contributed by atoms with Gasteiger partial charge in [-0.1, -0.05) is 48.4 Å². The number of hydrogen-bond donors (Lipinski definition) is 2. The second-order valence-electron chi connectivity index (χ2n) is 6.62. The van der Waals surface area contributed by atoms with Gasteiger partial charge < -0.3 is 5.32 Å². The zero-order chi connectivity index (χ0) is 20.9. The van der Waals surface area contributed by atoms with E-state index in [1.165, 1.54) is 11.6 Å². The van der Waals surface area contributed by atoms with Crippen molar-refractivity contribution in [2.24, 2.45) is 0 Å². The van der Waals surface area contributed by atoms with Gasteiger partial charge in [0.25, 0.3) is 0 Å². The first-order chi connectivity index (χ1) is 14.1. The van der Waals surface area contributed by atoms with Crippen molar-refractivity contribution in [1.82, 2.24) is 5.32 Å². The number of nitrogens with one attached hydrogen (secondary N) is 1. The largest absolute Gasteiger partial charge is 0.694 e. The normalized spacial score (nSPS) is 11.6. The zero-order valence-corrected chi connectivity index (χ0v) is 18.7. The molecule has 1 unspecified atom stereocenters. The van der Waals surface area contributed by atoms with Gasteiger partial charge in [-0.15, -0.1) is 21.2 Å². The van der Waals surface area contributed by atoms with Crippen LogP contribution in [0.2, 0.25) is 5.02 Å². The lowest BCUT2D eigenvalue weighted by atomic mass is 10.1. The fraction of sp³-hybridized carbons (Fsp3) is 0.429. The average molecular weight is 459 g/mol. The highest BCUT2D eigenvalue weighted by molar-refractivity contribution is 7.99. The zero-order valence-electron chi connectivity index (χ0n) is 16.3. The highest BCUT2D eigenvalue weighted by Gasteiger charge is 2.11. The summed E-state index contributed by atoms with van der Waals surface area (Å²) in [6.45, 7) is 1.09. The first kappa shape index (κ1) is 24.3. The van der Waals surface area contributed by atoms with Crippen LogP contribution in [0.5, 0.6) is 0 Å². The summed E-state index contributed by atoms with van der Waals surface area (Å²) in [5.74, 6) is 0.640. The van der Waals surface area contributed by atoms with E-state index in [0.717, 1.165) is 36.3 Å². The maximum atomic E-state index is 14.3. The third-order valence-electron chi connectivity index (χ3n) is 4.33. The lowest BCUT2D eigenvalue weighted by Gasteiger charge is -2.10. The van der Waals surface area contributed by atoms with Gasteiger partial charge in [0, 0.05) is 21.6 Å². The number of benzene rings is 2. The summed E-state index contributed by atoms with van der Waals surface area (Å²) in [5.41, 5.74) is 1.88. The van der Waals surface area contributed by atoms with Gasteiger partial charge in [0.15, 0.2) is 0 Å². The molecular formula is C21H27ClFNO3PS+. The quantitative estimate of drug-likeness (QED) is 0.202. The van der Waals surface area contributed by atoms with E-state index in [2.05, 4.69) is 34.1 Å². The molecule has 0 saturated heterocycles. The first-order valence-corrected chi connectivity index (χ1v) is 12.2. The summed E-state index contributed by atoms with van der Waals surface area (Å²) >= 11 is 7.92. The maximum Gasteiger partial charge on any atom is 0.694 e. The third kappa shape index (κ3) is 10.0. The molecule has 29 heavy (non-hydrogen) atoms. The van der Waals surface area contributed by atoms with E-state index in [1.54, 1.807) is 17.8 Å². The Balaban J connectivity index is 1.65. The molecule has 8 heteroatoms. The van der Waals surface area contributed by atoms with E-state index in [0.29, 0.717) is 30.1 Å². The Hall–Kier alpha value is -1.01. The van der Waals surface area contributed by atoms with Crippen molar-refractivity contribution in [2.45, 2.75) is 43.5 Å². The number of halogens is 2. The number of hydrogen-bond acceptors (Lipinski definition) is 4. The minimum Gasteiger partial charge on any atom is -0.312 e. The fourth-order valence-electron chi connectivity index (χ4n) is 2.81. The minimum absolute atomic E-state index is 0.183. The summed E-state index contributed by atoms with van der Waals surface area (Å²) < 4.78 is 29.3. The van der Waals surface area contributed by atoms with Gasteiger partial charge in [0.1, 0.15) is 12.4 Å². The Morgan fingerprint density at radius 1 is 1.14 bits per heavy atom. The van der Waals surface area contributed by atoms with Crippen molar-refractivity contribution in [2.75, 3.05) is 18.9 Å². The Kier molecular flexibility index (Phi) is 11.8. The maximum absolute atomic E-state index is 14.3. The topological polar surface area (TPSA) is 58.6 Å². The second-order valence-corrected chi connectivity index (χ2v) is 8.90. The van der Waals surface area contributed by atoms with Crippen LogP contribution in [0.15, 0.2) is 47.4 Å². The van der Waals surface area contributed by atoms with Crippen molar-refractivity contribution in [1.29, 1.82) is 0 Å². The Labute approximate surface area is 182 Å². The highest BCUT2D eigenvalue weighted by atomic mass is 35.5. The van der Waals surface area contributed by atoms with E-state index in [9.17, 15) is 8.96 Å². The van der Waals surface area contributed by atoms with Gasteiger partial charge in [-0.2, -0.15) is 0 Å². The molecule has 0 heterocycles. The fourth-order valence-corrected chi connectivity index (χ4v) is 4.40. The molecule has 0 bridgehead atoms. The van der Waals surface area contributed by atoms with Gasteiger partial charge in [-0.25, -0.2) is 4.39 Å². The Bertz CT molecular complexity index is 767. The average Bonchev–Trinajstić information content (AvgIpc) is 2.70. The van der Waals surface area contributed by atoms with Crippen LogP contribution in [0.3, 0.4) is 0 Å². The van der Waals surface area contributed by atoms with Gasteiger partial charge in [-0.3, -0.25) is 0 Å². The lowest BCUT2D eigenvalue weighted by Crippen LogP contribution is -2.16. The van der Waals surface area contributed by atoms with Crippen LogP contribution >= 0.6 is 31.6 Å². The van der Waals surface area contributed by atoms with E-state index in [-0.39, 0.29) is 12.4 Å². The number of rotatable bonds is 14. The monoisotopic (exact) mass is 458 g/mol. The summed E-state index contributed by atoms with van der Waals surface area (Å²) in [7, 11) is -2.56. The molecule has 0 aliphatic heterocycles. The van der Waals surface area contributed by atoms with Crippen LogP contribution in [0.1, 0.15) is 36.8 Å². The van der Waals surface area contributed by atoms with E-state index in [1.807, 2.05) is 6.07 Å². The summed E-state index contributed by atoms with van der Waals surface area (Å²) in [6, 6.07) is 13.6. The second kappa shape index (κ2) is 14.1. The number of thioether (sulfide) groups is 1. The lowest BCUT2D eigenvalue weighted by molar-refractivity contribution is 0.276. The van der Waals surface area contributed by atoms with E-state index < -0.39 is 8.25 Å². The van der Waals surface area contributed by atoms with Gasteiger partial charge in [0.2, 0.25) is 0 Å². The summed E-state index contributed by atoms with van der Waals surface area (Å²) in [6.07, 6.45) is 5.01. The summed E-state index contributed by atoms with van der Waals surface area (Å²) in [4.78, 5) is 9.31. The molecule has 2 aromatic rings. The van der Waals surface area contributed by atoms with Crippen LogP contribution < -0.4 is 5.32 Å². The molecule has 1 atom stereocenters. The Morgan fingerprint density at radius 3 is 2.69 bits per heavy atom. The molecule has 0 fully saturated rings. The third-order valence-corrected chi connectivity index (χ3v) is 6.30. The molecule has 0 aromatic heterocycles. The molecule has 0 aliphatic carbocycles. The predicted octanol–water partition coefficient (Wildman–Crippen LogP) is 6.13. The van der Waals surface area contributed by atoms with Crippen LogP contribution in [0.4, 0.5) is 4.39 Å². The van der Waals surface area contributed by atoms with Gasteiger partial charge >= 0.3 is 8.25 Å². The van der Waals surface area contributed by atoms with Crippen molar-refractivity contribution in [3.63, 3.8) is 0 Å². The van der Waals surface area contributed by atoms with Gasteiger partial charge in [-0.05, 0) is 55.7 Å². The molecule has 4 nitrogen and oxygen atoms in total. The molecule has 0 saturated carbocycles. The molecule has 0 radical (unpaired) electrons. The molecule has 2 aromatic carbocycles.